The van der Waals surface area contributed by atoms with Crippen LogP contribution in [0.5, 0.6) is 0 Å². The Morgan fingerprint density at radius 2 is 1.72 bits per heavy atom. The first kappa shape index (κ1) is 16.9. The number of allylic oxidation sites excluding steroid dienone is 3. The zero-order valence-electron chi connectivity index (χ0n) is 14.3. The predicted molar refractivity (Wildman–Crippen MR) is 103 cm³/mol. The van der Waals surface area contributed by atoms with Crippen LogP contribution in [0.1, 0.15) is 30.4 Å². The second kappa shape index (κ2) is 8.25. The highest BCUT2D eigenvalue weighted by Crippen LogP contribution is 2.47. The van der Waals surface area contributed by atoms with Crippen LogP contribution in [0, 0.1) is 5.92 Å². The summed E-state index contributed by atoms with van der Waals surface area (Å²) in [4.78, 5) is 12.2. The van der Waals surface area contributed by atoms with Crippen molar-refractivity contribution in [2.75, 3.05) is 0 Å². The highest BCUT2D eigenvalue weighted by atomic mass is 16.2. The number of carbonyl (C=O) groups excluding carboxylic acids is 1. The van der Waals surface area contributed by atoms with Gasteiger partial charge in [0.05, 0.1) is 5.71 Å². The fourth-order valence-electron chi connectivity index (χ4n) is 2.74. The molecule has 3 rings (SSSR count). The van der Waals surface area contributed by atoms with E-state index < -0.39 is 0 Å². The minimum absolute atomic E-state index is 0.00132. The van der Waals surface area contributed by atoms with Crippen LogP contribution in [0.2, 0.25) is 0 Å². The maximum atomic E-state index is 12.2. The quantitative estimate of drug-likeness (QED) is 0.471. The topological polar surface area (TPSA) is 41.5 Å². The Morgan fingerprint density at radius 1 is 1.04 bits per heavy atom. The molecule has 25 heavy (non-hydrogen) atoms. The van der Waals surface area contributed by atoms with Gasteiger partial charge in [0.1, 0.15) is 0 Å². The third kappa shape index (κ3) is 5.01. The largest absolute Gasteiger partial charge is 0.273 e. The van der Waals surface area contributed by atoms with Crippen LogP contribution in [0.25, 0.3) is 6.08 Å². The molecule has 1 aliphatic rings. The average molecular weight is 330 g/mol. The van der Waals surface area contributed by atoms with E-state index in [1.54, 1.807) is 0 Å². The van der Waals surface area contributed by atoms with Crippen molar-refractivity contribution in [3.05, 3.63) is 90.0 Å². The van der Waals surface area contributed by atoms with Crippen molar-refractivity contribution in [2.24, 2.45) is 11.0 Å². The van der Waals surface area contributed by atoms with Crippen molar-refractivity contribution in [1.29, 1.82) is 0 Å². The molecule has 0 heterocycles. The molecule has 126 valence electrons. The molecule has 1 N–H and O–H groups in total. The minimum Gasteiger partial charge on any atom is -0.273 e. The van der Waals surface area contributed by atoms with E-state index in [2.05, 4.69) is 22.7 Å². The zero-order chi connectivity index (χ0) is 17.5. The molecule has 1 saturated carbocycles. The van der Waals surface area contributed by atoms with Gasteiger partial charge < -0.3 is 0 Å². The van der Waals surface area contributed by atoms with Gasteiger partial charge in [-0.3, -0.25) is 4.79 Å². The van der Waals surface area contributed by atoms with Crippen LogP contribution < -0.4 is 5.43 Å². The van der Waals surface area contributed by atoms with Gasteiger partial charge in [-0.25, -0.2) is 5.43 Å². The first-order valence-electron chi connectivity index (χ1n) is 8.53. The lowest BCUT2D eigenvalue weighted by Gasteiger charge is -2.00. The number of nitrogens with zero attached hydrogens (tertiary/aromatic N) is 1. The molecule has 1 fully saturated rings. The molecule has 2 atom stereocenters. The van der Waals surface area contributed by atoms with Crippen LogP contribution >= 0.6 is 0 Å². The molecular weight excluding hydrogens is 308 g/mol. The van der Waals surface area contributed by atoms with Gasteiger partial charge in [0.15, 0.2) is 0 Å². The Labute approximate surface area is 148 Å². The van der Waals surface area contributed by atoms with E-state index in [1.807, 2.05) is 79.8 Å². The fourth-order valence-corrected chi connectivity index (χ4v) is 2.74. The van der Waals surface area contributed by atoms with E-state index in [-0.39, 0.29) is 11.8 Å². The highest BCUT2D eigenvalue weighted by molar-refractivity contribution is 5.94. The van der Waals surface area contributed by atoms with Crippen molar-refractivity contribution in [3.8, 4) is 0 Å². The van der Waals surface area contributed by atoms with E-state index in [9.17, 15) is 4.79 Å². The van der Waals surface area contributed by atoms with Gasteiger partial charge in [0.25, 0.3) is 0 Å². The first-order valence-corrected chi connectivity index (χ1v) is 8.53. The van der Waals surface area contributed by atoms with E-state index in [0.717, 1.165) is 17.7 Å². The number of hydrazone groups is 1. The molecule has 0 saturated heterocycles. The number of rotatable bonds is 6. The van der Waals surface area contributed by atoms with Gasteiger partial charge in [-0.2, -0.15) is 5.10 Å². The van der Waals surface area contributed by atoms with Gasteiger partial charge in [0.2, 0.25) is 5.91 Å². The summed E-state index contributed by atoms with van der Waals surface area (Å²) in [6.07, 6.45) is 8.68. The number of carbonyl (C=O) groups is 1. The summed E-state index contributed by atoms with van der Waals surface area (Å²) in [6.45, 7) is 1.87. The van der Waals surface area contributed by atoms with Crippen LogP contribution in [-0.2, 0) is 4.79 Å². The minimum atomic E-state index is 0.00132. The van der Waals surface area contributed by atoms with Crippen LogP contribution in [0.3, 0.4) is 0 Å². The van der Waals surface area contributed by atoms with Gasteiger partial charge >= 0.3 is 0 Å². The number of amides is 1. The number of hydrogen-bond donors (Lipinski definition) is 1. The van der Waals surface area contributed by atoms with E-state index in [0.29, 0.717) is 5.92 Å². The molecule has 0 aromatic heterocycles. The van der Waals surface area contributed by atoms with E-state index >= 15 is 0 Å². The summed E-state index contributed by atoms with van der Waals surface area (Å²) in [5.74, 6) is 0.378. The van der Waals surface area contributed by atoms with Gasteiger partial charge in [-0.15, -0.1) is 0 Å². The summed E-state index contributed by atoms with van der Waals surface area (Å²) in [7, 11) is 0. The van der Waals surface area contributed by atoms with Crippen molar-refractivity contribution < 1.29 is 4.79 Å². The Bertz CT molecular complexity index is 791. The molecule has 3 heteroatoms. The fraction of sp³-hybridized carbons (Fsp3) is 0.182. The van der Waals surface area contributed by atoms with Crippen LogP contribution in [0.4, 0.5) is 0 Å². The number of nitrogens with one attached hydrogen (secondary N) is 1. The summed E-state index contributed by atoms with van der Waals surface area (Å²) >= 11 is 0. The molecule has 0 unspecified atom stereocenters. The molecule has 3 nitrogen and oxygen atoms in total. The Morgan fingerprint density at radius 3 is 2.44 bits per heavy atom. The molecule has 2 aromatic carbocycles. The number of hydrogen-bond acceptors (Lipinski definition) is 2. The molecule has 1 amide bonds. The van der Waals surface area contributed by atoms with Crippen molar-refractivity contribution in [1.82, 2.24) is 5.43 Å². The zero-order valence-corrected chi connectivity index (χ0v) is 14.3. The van der Waals surface area contributed by atoms with E-state index in [4.69, 9.17) is 0 Å². The molecule has 2 aromatic rings. The number of benzene rings is 2. The normalized spacial score (nSPS) is 20.1. The summed E-state index contributed by atoms with van der Waals surface area (Å²) in [5.41, 5.74) is 5.82. The molecular formula is C22H22N2O. The van der Waals surface area contributed by atoms with Gasteiger partial charge in [-0.05, 0) is 36.5 Å². The average Bonchev–Trinajstić information content (AvgIpc) is 3.46. The summed E-state index contributed by atoms with van der Waals surface area (Å²) in [6, 6.07) is 20.3. The predicted octanol–water partition coefficient (Wildman–Crippen LogP) is 4.55. The SMILES string of the molecule is CC(/C=C/C=C/c1ccccc1)=N\NC(=O)[C@H]1C[C@H]1c1ccccc1. The standard InChI is InChI=1S/C22H22N2O/c1-17(10-8-9-13-18-11-4-2-5-12-18)23-24-22(25)21-16-20(21)19-14-6-3-7-15-19/h2-15,20-21H,16H2,1H3,(H,24,25)/b10-8+,13-9+,23-17+/t20-,21-/m0/s1. The summed E-state index contributed by atoms with van der Waals surface area (Å²) < 4.78 is 0. The monoisotopic (exact) mass is 330 g/mol. The molecule has 1 aliphatic carbocycles. The lowest BCUT2D eigenvalue weighted by atomic mass is 10.1. The molecule has 0 aliphatic heterocycles. The van der Waals surface area contributed by atoms with Crippen molar-refractivity contribution in [2.45, 2.75) is 19.3 Å². The van der Waals surface area contributed by atoms with Crippen molar-refractivity contribution in [3.63, 3.8) is 0 Å². The maximum Gasteiger partial charge on any atom is 0.243 e. The first-order chi connectivity index (χ1) is 12.2. The summed E-state index contributed by atoms with van der Waals surface area (Å²) in [5, 5.41) is 4.15. The van der Waals surface area contributed by atoms with Crippen LogP contribution in [-0.4, -0.2) is 11.6 Å². The Balaban J connectivity index is 1.46. The molecule has 0 radical (unpaired) electrons. The molecule has 0 bridgehead atoms. The Kier molecular flexibility index (Phi) is 5.57. The Hall–Kier alpha value is -2.94. The second-order valence-electron chi connectivity index (χ2n) is 6.22. The highest BCUT2D eigenvalue weighted by Gasteiger charge is 2.43. The van der Waals surface area contributed by atoms with Gasteiger partial charge in [0, 0.05) is 5.92 Å². The third-order valence-electron chi connectivity index (χ3n) is 4.23. The lowest BCUT2D eigenvalue weighted by molar-refractivity contribution is -0.122. The van der Waals surface area contributed by atoms with Gasteiger partial charge in [-0.1, -0.05) is 78.9 Å². The third-order valence-corrected chi connectivity index (χ3v) is 4.23. The maximum absolute atomic E-state index is 12.2. The van der Waals surface area contributed by atoms with E-state index in [1.165, 1.54) is 5.56 Å². The smallest absolute Gasteiger partial charge is 0.243 e. The van der Waals surface area contributed by atoms with Crippen LogP contribution in [0.15, 0.2) is 84.0 Å². The van der Waals surface area contributed by atoms with Crippen molar-refractivity contribution >= 4 is 17.7 Å². The second-order valence-corrected chi connectivity index (χ2v) is 6.22. The lowest BCUT2D eigenvalue weighted by Crippen LogP contribution is -2.21. The molecule has 0 spiro atoms.